The van der Waals surface area contributed by atoms with Crippen molar-refractivity contribution >= 4 is 28.5 Å². The maximum absolute atomic E-state index is 12.4. The summed E-state index contributed by atoms with van der Waals surface area (Å²) in [5.74, 6) is 0.761. The molecule has 0 atom stereocenters. The van der Waals surface area contributed by atoms with Gasteiger partial charge in [-0.15, -0.1) is 0 Å². The Labute approximate surface area is 155 Å². The zero-order valence-corrected chi connectivity index (χ0v) is 15.5. The number of rotatable bonds is 5. The molecule has 1 aliphatic rings. The summed E-state index contributed by atoms with van der Waals surface area (Å²) in [4.78, 5) is 12.4. The van der Waals surface area contributed by atoms with Crippen molar-refractivity contribution in [3.8, 4) is 5.75 Å². The zero-order chi connectivity index (χ0) is 16.8. The minimum absolute atomic E-state index is 0.0329. The van der Waals surface area contributed by atoms with Crippen molar-refractivity contribution in [2.75, 3.05) is 13.2 Å². The van der Waals surface area contributed by atoms with Crippen molar-refractivity contribution in [3.05, 3.63) is 63.2 Å². The molecule has 2 aromatic carbocycles. The summed E-state index contributed by atoms with van der Waals surface area (Å²) >= 11 is 2.21. The van der Waals surface area contributed by atoms with E-state index >= 15 is 0 Å². The summed E-state index contributed by atoms with van der Waals surface area (Å²) in [5, 5.41) is 3.08. The van der Waals surface area contributed by atoms with Gasteiger partial charge in [0.2, 0.25) is 0 Å². The lowest BCUT2D eigenvalue weighted by Crippen LogP contribution is -2.38. The topological polar surface area (TPSA) is 47.6 Å². The Bertz CT molecular complexity index is 684. The van der Waals surface area contributed by atoms with Gasteiger partial charge in [0.25, 0.3) is 5.91 Å². The Hall–Kier alpha value is -1.60. The van der Waals surface area contributed by atoms with Gasteiger partial charge in [-0.3, -0.25) is 4.79 Å². The first kappa shape index (κ1) is 17.2. The van der Waals surface area contributed by atoms with Gasteiger partial charge in [0, 0.05) is 24.8 Å². The number of benzene rings is 2. The molecule has 1 amide bonds. The van der Waals surface area contributed by atoms with Crippen molar-refractivity contribution in [2.45, 2.75) is 25.5 Å². The number of amides is 1. The molecule has 0 bridgehead atoms. The molecular weight excluding hydrogens is 417 g/mol. The molecule has 0 aliphatic carbocycles. The van der Waals surface area contributed by atoms with E-state index in [-0.39, 0.29) is 11.9 Å². The average molecular weight is 437 g/mol. The minimum atomic E-state index is -0.0329. The Morgan fingerprint density at radius 2 is 1.92 bits per heavy atom. The summed E-state index contributed by atoms with van der Waals surface area (Å²) in [6.07, 6.45) is 1.75. The Kier molecular flexibility index (Phi) is 6.09. The van der Waals surface area contributed by atoms with Crippen LogP contribution in [0.4, 0.5) is 0 Å². The predicted octanol–water partition coefficient (Wildman–Crippen LogP) is 3.78. The number of ether oxygens (including phenoxy) is 2. The van der Waals surface area contributed by atoms with Crippen molar-refractivity contribution in [1.29, 1.82) is 0 Å². The Balaban J connectivity index is 1.60. The second-order valence-electron chi connectivity index (χ2n) is 5.78. The van der Waals surface area contributed by atoms with Crippen LogP contribution in [0.2, 0.25) is 0 Å². The lowest BCUT2D eigenvalue weighted by Gasteiger charge is -2.23. The van der Waals surface area contributed by atoms with Gasteiger partial charge in [-0.1, -0.05) is 30.3 Å². The first-order valence-corrected chi connectivity index (χ1v) is 9.15. The SMILES string of the molecule is O=C(NC1CCOCC1)c1ccc(OCc2ccccc2)c(I)c1. The summed E-state index contributed by atoms with van der Waals surface area (Å²) in [6.45, 7) is 1.95. The van der Waals surface area contributed by atoms with Crippen LogP contribution in [0.5, 0.6) is 5.75 Å². The van der Waals surface area contributed by atoms with E-state index in [0.29, 0.717) is 12.2 Å². The van der Waals surface area contributed by atoms with E-state index in [4.69, 9.17) is 9.47 Å². The molecule has 0 saturated carbocycles. The highest BCUT2D eigenvalue weighted by Gasteiger charge is 2.17. The monoisotopic (exact) mass is 437 g/mol. The van der Waals surface area contributed by atoms with Gasteiger partial charge in [-0.05, 0) is 59.2 Å². The quantitative estimate of drug-likeness (QED) is 0.725. The van der Waals surface area contributed by atoms with E-state index in [0.717, 1.165) is 40.9 Å². The second kappa shape index (κ2) is 8.48. The van der Waals surface area contributed by atoms with E-state index in [2.05, 4.69) is 27.9 Å². The maximum atomic E-state index is 12.4. The van der Waals surface area contributed by atoms with Crippen molar-refractivity contribution < 1.29 is 14.3 Å². The largest absolute Gasteiger partial charge is 0.488 e. The van der Waals surface area contributed by atoms with Crippen LogP contribution in [0.25, 0.3) is 0 Å². The van der Waals surface area contributed by atoms with Crippen molar-refractivity contribution in [2.24, 2.45) is 0 Å². The van der Waals surface area contributed by atoms with Crippen LogP contribution in [-0.2, 0) is 11.3 Å². The van der Waals surface area contributed by atoms with E-state index in [1.165, 1.54) is 0 Å². The zero-order valence-electron chi connectivity index (χ0n) is 13.3. The molecular formula is C19H20INO3. The van der Waals surface area contributed by atoms with Gasteiger partial charge in [0.15, 0.2) is 0 Å². The van der Waals surface area contributed by atoms with Gasteiger partial charge >= 0.3 is 0 Å². The summed E-state index contributed by atoms with van der Waals surface area (Å²) < 4.78 is 12.1. The number of carbonyl (C=O) groups is 1. The van der Waals surface area contributed by atoms with Crippen LogP contribution in [-0.4, -0.2) is 25.2 Å². The fourth-order valence-corrected chi connectivity index (χ4v) is 3.28. The van der Waals surface area contributed by atoms with E-state index in [9.17, 15) is 4.79 Å². The number of halogens is 1. The molecule has 0 unspecified atom stereocenters. The minimum Gasteiger partial charge on any atom is -0.488 e. The van der Waals surface area contributed by atoms with E-state index in [1.807, 2.05) is 48.5 Å². The average Bonchev–Trinajstić information content (AvgIpc) is 2.62. The van der Waals surface area contributed by atoms with Crippen LogP contribution in [0.15, 0.2) is 48.5 Å². The number of hydrogen-bond acceptors (Lipinski definition) is 3. The molecule has 0 spiro atoms. The fraction of sp³-hybridized carbons (Fsp3) is 0.316. The van der Waals surface area contributed by atoms with Gasteiger partial charge < -0.3 is 14.8 Å². The molecule has 126 valence electrons. The molecule has 1 aliphatic heterocycles. The molecule has 2 aromatic rings. The van der Waals surface area contributed by atoms with Crippen molar-refractivity contribution in [3.63, 3.8) is 0 Å². The van der Waals surface area contributed by atoms with E-state index in [1.54, 1.807) is 0 Å². The molecule has 1 N–H and O–H groups in total. The molecule has 0 aromatic heterocycles. The number of carbonyl (C=O) groups excluding carboxylic acids is 1. The van der Waals surface area contributed by atoms with Gasteiger partial charge in [-0.25, -0.2) is 0 Å². The smallest absolute Gasteiger partial charge is 0.251 e. The molecule has 1 saturated heterocycles. The summed E-state index contributed by atoms with van der Waals surface area (Å²) in [7, 11) is 0. The highest BCUT2D eigenvalue weighted by Crippen LogP contribution is 2.23. The Morgan fingerprint density at radius 3 is 2.62 bits per heavy atom. The highest BCUT2D eigenvalue weighted by atomic mass is 127. The van der Waals surface area contributed by atoms with Crippen LogP contribution in [0.1, 0.15) is 28.8 Å². The third-order valence-corrected chi connectivity index (χ3v) is 4.83. The highest BCUT2D eigenvalue weighted by molar-refractivity contribution is 14.1. The molecule has 4 nitrogen and oxygen atoms in total. The van der Waals surface area contributed by atoms with Crippen LogP contribution in [0.3, 0.4) is 0 Å². The van der Waals surface area contributed by atoms with Crippen molar-refractivity contribution in [1.82, 2.24) is 5.32 Å². The van der Waals surface area contributed by atoms with Crippen LogP contribution < -0.4 is 10.1 Å². The summed E-state index contributed by atoms with van der Waals surface area (Å²) in [6, 6.07) is 15.8. The first-order chi connectivity index (χ1) is 11.7. The standard InChI is InChI=1S/C19H20INO3/c20-17-12-15(19(22)21-16-8-10-23-11-9-16)6-7-18(17)24-13-14-4-2-1-3-5-14/h1-7,12,16H,8-11,13H2,(H,21,22). The first-order valence-electron chi connectivity index (χ1n) is 8.07. The molecule has 5 heteroatoms. The third kappa shape index (κ3) is 4.70. The predicted molar refractivity (Wildman–Crippen MR) is 101 cm³/mol. The molecule has 1 heterocycles. The molecule has 1 fully saturated rings. The number of nitrogens with one attached hydrogen (secondary N) is 1. The van der Waals surface area contributed by atoms with Crippen LogP contribution in [0, 0.1) is 3.57 Å². The maximum Gasteiger partial charge on any atom is 0.251 e. The molecule has 24 heavy (non-hydrogen) atoms. The summed E-state index contributed by atoms with van der Waals surface area (Å²) in [5.41, 5.74) is 1.78. The van der Waals surface area contributed by atoms with Crippen LogP contribution >= 0.6 is 22.6 Å². The second-order valence-corrected chi connectivity index (χ2v) is 6.94. The third-order valence-electron chi connectivity index (χ3n) is 3.99. The lowest BCUT2D eigenvalue weighted by atomic mass is 10.1. The van der Waals surface area contributed by atoms with Gasteiger partial charge in [0.05, 0.1) is 3.57 Å². The normalized spacial score (nSPS) is 15.0. The molecule has 3 rings (SSSR count). The van der Waals surface area contributed by atoms with E-state index < -0.39 is 0 Å². The van der Waals surface area contributed by atoms with Gasteiger partial charge in [-0.2, -0.15) is 0 Å². The number of hydrogen-bond donors (Lipinski definition) is 1. The lowest BCUT2D eigenvalue weighted by molar-refractivity contribution is 0.0696. The van der Waals surface area contributed by atoms with Gasteiger partial charge in [0.1, 0.15) is 12.4 Å². The fourth-order valence-electron chi connectivity index (χ4n) is 2.61. The Morgan fingerprint density at radius 1 is 1.17 bits per heavy atom. The molecule has 0 radical (unpaired) electrons.